The lowest BCUT2D eigenvalue weighted by Gasteiger charge is -2.29. The lowest BCUT2D eigenvalue weighted by molar-refractivity contribution is -0.136. The number of esters is 1. The topological polar surface area (TPSA) is 363 Å². The number of aromatic amines is 1. The maximum atomic E-state index is 13.8. The second kappa shape index (κ2) is 42.1. The number of aromatic nitrogens is 8. The van der Waals surface area contributed by atoms with Gasteiger partial charge in [0.25, 0.3) is 17.6 Å². The molecule has 0 radical (unpaired) electrons. The first-order valence-electron chi connectivity index (χ1n) is 31.7. The molecule has 0 atom stereocenters. The number of nitriles is 1. The van der Waals surface area contributed by atoms with E-state index < -0.39 is 52.8 Å². The smallest absolute Gasteiger partial charge is 0.313 e. The highest BCUT2D eigenvalue weighted by Crippen LogP contribution is 2.33. The minimum atomic E-state index is -1.32. The van der Waals surface area contributed by atoms with Crippen molar-refractivity contribution >= 4 is 46.0 Å². The normalized spacial score (nSPS) is 12.4. The Bertz CT molecular complexity index is 3480. The van der Waals surface area contributed by atoms with E-state index in [4.69, 9.17) is 42.6 Å². The van der Waals surface area contributed by atoms with Crippen LogP contribution in [0.4, 0.5) is 13.2 Å². The third-order valence-corrected chi connectivity index (χ3v) is 14.8. The van der Waals surface area contributed by atoms with Crippen LogP contribution in [0.3, 0.4) is 0 Å². The van der Waals surface area contributed by atoms with Gasteiger partial charge in [0, 0.05) is 64.0 Å². The highest BCUT2D eigenvalue weighted by molar-refractivity contribution is 6.45. The maximum Gasteiger partial charge on any atom is 0.313 e. The van der Waals surface area contributed by atoms with Gasteiger partial charge in [-0.1, -0.05) is 35.5 Å². The molecule has 526 valence electrons. The average molecular weight is 1360 g/mol. The summed E-state index contributed by atoms with van der Waals surface area (Å²) in [6.45, 7) is 6.33. The number of nitrogens with zero attached hydrogens (tertiary/aromatic N) is 10. The number of H-pyrrole nitrogens is 1. The van der Waals surface area contributed by atoms with Crippen molar-refractivity contribution in [3.05, 3.63) is 113 Å². The number of likely N-dealkylation sites (tertiary alicyclic amines) is 1. The van der Waals surface area contributed by atoms with Crippen molar-refractivity contribution in [1.82, 2.24) is 60.2 Å². The molecule has 0 spiro atoms. The number of nitrogens with one attached hydrogen (secondary N) is 3. The molecule has 97 heavy (non-hydrogen) atoms. The summed E-state index contributed by atoms with van der Waals surface area (Å²) in [5, 5.41) is 48.3. The number of fused-ring (bicyclic) bond motifs is 1. The van der Waals surface area contributed by atoms with Gasteiger partial charge in [-0.2, -0.15) is 9.94 Å². The highest BCUT2D eigenvalue weighted by Gasteiger charge is 2.31. The van der Waals surface area contributed by atoms with Gasteiger partial charge < -0.3 is 78.1 Å². The third kappa shape index (κ3) is 24.7. The maximum absolute atomic E-state index is 13.8. The number of rotatable bonds is 47. The number of aliphatic hydroxyl groups is 2. The van der Waals surface area contributed by atoms with Gasteiger partial charge in [0.05, 0.1) is 186 Å². The van der Waals surface area contributed by atoms with Gasteiger partial charge in [-0.15, -0.1) is 10.2 Å². The van der Waals surface area contributed by atoms with Crippen molar-refractivity contribution in [3.63, 3.8) is 0 Å². The summed E-state index contributed by atoms with van der Waals surface area (Å²) in [6.07, 6.45) is 7.58. The zero-order valence-corrected chi connectivity index (χ0v) is 54.0. The number of halogens is 3. The Morgan fingerprint density at radius 2 is 1.34 bits per heavy atom. The predicted molar refractivity (Wildman–Crippen MR) is 337 cm³/mol. The Kier molecular flexibility index (Phi) is 32.9. The van der Waals surface area contributed by atoms with Crippen molar-refractivity contribution < 1.29 is 94.7 Å². The summed E-state index contributed by atoms with van der Waals surface area (Å²) in [7, 11) is 1.41. The first kappa shape index (κ1) is 75.7. The number of Topliss-reactive ketones (excluding diaryl/α,β-unsaturated/α-hetero) is 1. The number of hydrogen-bond donors (Lipinski definition) is 5. The van der Waals surface area contributed by atoms with Crippen molar-refractivity contribution in [3.8, 4) is 23.4 Å². The number of methoxy groups -OCH3 is 1. The van der Waals surface area contributed by atoms with Gasteiger partial charge in [0.1, 0.15) is 23.6 Å². The van der Waals surface area contributed by atoms with Gasteiger partial charge in [-0.3, -0.25) is 28.9 Å². The van der Waals surface area contributed by atoms with Gasteiger partial charge in [-0.25, -0.2) is 27.8 Å². The third-order valence-electron chi connectivity index (χ3n) is 14.8. The molecule has 0 unspecified atom stereocenters. The first-order valence-corrected chi connectivity index (χ1v) is 31.7. The molecule has 30 nitrogen and oxygen atoms in total. The molecule has 33 heteroatoms. The largest absolute Gasteiger partial charge is 0.494 e. The van der Waals surface area contributed by atoms with Crippen LogP contribution >= 0.6 is 0 Å². The van der Waals surface area contributed by atoms with E-state index in [0.717, 1.165) is 11.1 Å². The molecule has 2 aromatic carbocycles. The minimum absolute atomic E-state index is 0.0643. The van der Waals surface area contributed by atoms with E-state index in [9.17, 15) is 52.6 Å². The van der Waals surface area contributed by atoms with Gasteiger partial charge >= 0.3 is 5.97 Å². The van der Waals surface area contributed by atoms with Crippen LogP contribution in [0.1, 0.15) is 70.8 Å². The molecule has 1 aliphatic heterocycles. The van der Waals surface area contributed by atoms with E-state index >= 15 is 0 Å². The minimum Gasteiger partial charge on any atom is -0.494 e. The molecule has 0 saturated carbocycles. The van der Waals surface area contributed by atoms with Gasteiger partial charge in [0.2, 0.25) is 17.5 Å². The van der Waals surface area contributed by atoms with Crippen LogP contribution in [0, 0.1) is 28.8 Å². The second-order valence-electron chi connectivity index (χ2n) is 21.5. The SMILES string of the molecule is COc1cnc(-n2cnc(C(=O)NCCCN(CCCNC(=O)CCOCCOCCOCCOCc3cn(CCOCCOCCOCCOCCC(=O)Oc4c(F)cc(F)cc4F)nn3)C(CO)CO)n2)c2[nH]cc(C(=O)C(=O)N3CCC(=C(C#N)c4ccccc4)CC3)c12. The molecule has 3 amide bonds. The molecule has 1 fully saturated rings. The molecule has 0 aliphatic carbocycles. The van der Waals surface area contributed by atoms with Crippen molar-refractivity contribution in [2.75, 3.05) is 159 Å². The van der Waals surface area contributed by atoms with Crippen LogP contribution < -0.4 is 20.1 Å². The van der Waals surface area contributed by atoms with Crippen molar-refractivity contribution in [2.24, 2.45) is 0 Å². The lowest BCUT2D eigenvalue weighted by atomic mass is 9.93. The molecule has 0 bridgehead atoms. The van der Waals surface area contributed by atoms with Crippen molar-refractivity contribution in [2.45, 2.75) is 57.7 Å². The van der Waals surface area contributed by atoms with Crippen LogP contribution in [0.5, 0.6) is 11.5 Å². The summed E-state index contributed by atoms with van der Waals surface area (Å²) in [5.41, 5.74) is 3.34. The molecule has 5 heterocycles. The number of carbonyl (C=O) groups is 5. The highest BCUT2D eigenvalue weighted by atomic mass is 19.1. The first-order chi connectivity index (χ1) is 47.3. The van der Waals surface area contributed by atoms with E-state index in [2.05, 4.69) is 51.8 Å². The quantitative estimate of drug-likeness (QED) is 0.00915. The van der Waals surface area contributed by atoms with E-state index in [1.807, 2.05) is 35.2 Å². The van der Waals surface area contributed by atoms with E-state index in [0.29, 0.717) is 159 Å². The Hall–Kier alpha value is -8.66. The molecular formula is C64H82F3N13O17. The van der Waals surface area contributed by atoms with Crippen LogP contribution in [-0.2, 0) is 65.4 Å². The molecule has 1 saturated heterocycles. The number of benzene rings is 2. The van der Waals surface area contributed by atoms with E-state index in [-0.39, 0.29) is 108 Å². The number of hydrogen-bond acceptors (Lipinski definition) is 24. The Morgan fingerprint density at radius 3 is 1.95 bits per heavy atom. The summed E-state index contributed by atoms with van der Waals surface area (Å²) < 4.78 is 97.3. The Labute approximate surface area is 557 Å². The number of pyridine rings is 1. The number of ketones is 1. The predicted octanol–water partition coefficient (Wildman–Crippen LogP) is 2.94. The summed E-state index contributed by atoms with van der Waals surface area (Å²) in [5.74, 6) is -7.63. The number of carbonyl (C=O) groups excluding carboxylic acids is 5. The fraction of sp³-hybridized carbons (Fsp3) is 0.516. The fourth-order valence-electron chi connectivity index (χ4n) is 9.83. The van der Waals surface area contributed by atoms with Crippen LogP contribution in [-0.4, -0.2) is 254 Å². The Morgan fingerprint density at radius 1 is 0.753 bits per heavy atom. The van der Waals surface area contributed by atoms with Gasteiger partial charge in [-0.05, 0) is 36.8 Å². The number of aliphatic hydroxyl groups excluding tert-OH is 2. The van der Waals surface area contributed by atoms with Crippen LogP contribution in [0.15, 0.2) is 73.0 Å². The summed E-state index contributed by atoms with van der Waals surface area (Å²) in [4.78, 5) is 80.0. The number of piperidine rings is 1. The standard InChI is InChI=1S/C64H82F3N13O17/c1-88-54-39-72-62(58-57(54)51(38-71-58)59(85)64(87)78-17-9-46(10-18-78)50(37-68)45-7-3-2-4-8-45)80-44-73-61(75-80)63(86)70-14-6-16-77(49(41-81)42-82)15-5-13-69-55(83)11-20-89-23-26-92-31-32-95-33-34-96-43-48-40-79(76-74-48)19-22-91-25-28-94-30-29-93-27-24-90-21-12-56(84)97-60-52(66)35-47(65)36-53(60)67/h2-4,7-8,35-36,38-40,44,49,71,81-82H,5-6,9-34,41-43H2,1H3,(H,69,83)(H,70,86). The van der Waals surface area contributed by atoms with E-state index in [1.54, 1.807) is 10.9 Å². The van der Waals surface area contributed by atoms with E-state index in [1.165, 1.54) is 35.4 Å². The number of ether oxygens (including phenoxy) is 10. The molecule has 6 aromatic rings. The fourth-order valence-corrected chi connectivity index (χ4v) is 9.83. The van der Waals surface area contributed by atoms with Crippen LogP contribution in [0.2, 0.25) is 0 Å². The summed E-state index contributed by atoms with van der Waals surface area (Å²) in [6, 6.07) is 11.9. The van der Waals surface area contributed by atoms with Crippen molar-refractivity contribution in [1.29, 1.82) is 5.26 Å². The summed E-state index contributed by atoms with van der Waals surface area (Å²) >= 11 is 0. The molecular weight excluding hydrogens is 1280 g/mol. The van der Waals surface area contributed by atoms with Gasteiger partial charge in [0.15, 0.2) is 17.5 Å². The number of allylic oxidation sites excluding steroid dienone is 1. The Balaban J connectivity index is 0.655. The average Bonchev–Trinajstić information content (AvgIpc) is 1.68. The second-order valence-corrected chi connectivity index (χ2v) is 21.5. The monoisotopic (exact) mass is 1360 g/mol. The molecule has 1 aliphatic rings. The zero-order valence-electron chi connectivity index (χ0n) is 54.0. The zero-order chi connectivity index (χ0) is 69.0. The molecule has 4 aromatic heterocycles. The van der Waals surface area contributed by atoms with Crippen LogP contribution in [0.25, 0.3) is 22.3 Å². The molecule has 7 rings (SSSR count). The molecule has 5 N–H and O–H groups in total. The number of amides is 3. The lowest BCUT2D eigenvalue weighted by Crippen LogP contribution is -2.43.